The first-order chi connectivity index (χ1) is 9.66. The Balaban J connectivity index is 3.71. The van der Waals surface area contributed by atoms with Crippen molar-refractivity contribution >= 4 is 23.2 Å². The molecule has 1 rings (SSSR count). The van der Waals surface area contributed by atoms with Crippen molar-refractivity contribution in [1.29, 1.82) is 0 Å². The van der Waals surface area contributed by atoms with Gasteiger partial charge in [0.2, 0.25) is 0 Å². The number of halogens is 11. The monoisotopic (exact) mass is 378 g/mol. The van der Waals surface area contributed by atoms with Gasteiger partial charge in [-0.1, -0.05) is 23.7 Å². The Morgan fingerprint density at radius 2 is 1.18 bits per heavy atom. The van der Waals surface area contributed by atoms with Gasteiger partial charge in [0, 0.05) is 5.02 Å². The Morgan fingerprint density at radius 3 is 1.50 bits per heavy atom. The van der Waals surface area contributed by atoms with E-state index in [1.165, 1.54) is 0 Å². The van der Waals surface area contributed by atoms with Crippen molar-refractivity contribution in [2.24, 2.45) is 5.41 Å². The molecule has 126 valence electrons. The molecule has 0 fully saturated rings. The van der Waals surface area contributed by atoms with Gasteiger partial charge in [0.25, 0.3) is 5.41 Å². The summed E-state index contributed by atoms with van der Waals surface area (Å²) in [6.45, 7) is 0. The lowest BCUT2D eigenvalue weighted by Crippen LogP contribution is -2.61. The van der Waals surface area contributed by atoms with E-state index in [1.54, 1.807) is 0 Å². The van der Waals surface area contributed by atoms with Crippen molar-refractivity contribution in [3.63, 3.8) is 0 Å². The Hall–Kier alpha value is -0.830. The fourth-order valence-electron chi connectivity index (χ4n) is 1.83. The van der Waals surface area contributed by atoms with Crippen LogP contribution in [0.15, 0.2) is 24.3 Å². The highest BCUT2D eigenvalue weighted by atomic mass is 35.5. The second-order valence-electron chi connectivity index (χ2n) is 4.22. The van der Waals surface area contributed by atoms with Crippen LogP contribution in [0, 0.1) is 5.41 Å². The Bertz CT molecular complexity index is 494. The minimum absolute atomic E-state index is 0.358. The van der Waals surface area contributed by atoms with Crippen LogP contribution in [0.25, 0.3) is 0 Å². The lowest BCUT2D eigenvalue weighted by molar-refractivity contribution is -0.428. The number of benzene rings is 1. The molecule has 0 radical (unpaired) electrons. The fraction of sp³-hybridized carbons (Fsp3) is 0.455. The fourth-order valence-corrected chi connectivity index (χ4v) is 2.53. The van der Waals surface area contributed by atoms with Gasteiger partial charge in [-0.3, -0.25) is 0 Å². The van der Waals surface area contributed by atoms with Crippen molar-refractivity contribution in [2.45, 2.75) is 23.9 Å². The number of hydrogen-bond donors (Lipinski definition) is 0. The summed E-state index contributed by atoms with van der Waals surface area (Å²) in [5.41, 5.74) is -7.18. The van der Waals surface area contributed by atoms with Crippen LogP contribution >= 0.6 is 23.2 Å². The van der Waals surface area contributed by atoms with Gasteiger partial charge in [0.1, 0.15) is 0 Å². The number of hydrogen-bond acceptors (Lipinski definition) is 0. The molecule has 0 saturated heterocycles. The molecule has 0 aliphatic heterocycles. The Morgan fingerprint density at radius 1 is 0.773 bits per heavy atom. The van der Waals surface area contributed by atoms with Crippen LogP contribution < -0.4 is 0 Å². The average Bonchev–Trinajstić information content (AvgIpc) is 2.23. The van der Waals surface area contributed by atoms with Gasteiger partial charge in [0.15, 0.2) is 0 Å². The summed E-state index contributed by atoms with van der Waals surface area (Å²) in [4.78, 5) is 0. The smallest absolute Gasteiger partial charge is 0.170 e. The molecule has 0 aliphatic carbocycles. The Labute approximate surface area is 127 Å². The highest BCUT2D eigenvalue weighted by Gasteiger charge is 2.86. The third-order valence-corrected chi connectivity index (χ3v) is 3.68. The lowest BCUT2D eigenvalue weighted by Gasteiger charge is -2.41. The molecular weight excluding hydrogens is 374 g/mol. The average molecular weight is 379 g/mol. The highest BCUT2D eigenvalue weighted by Crippen LogP contribution is 2.66. The minimum Gasteiger partial charge on any atom is -0.170 e. The van der Waals surface area contributed by atoms with Crippen LogP contribution in [-0.2, 0) is 0 Å². The number of alkyl halides is 10. The van der Waals surface area contributed by atoms with Gasteiger partial charge < -0.3 is 0 Å². The van der Waals surface area contributed by atoms with E-state index < -0.39 is 34.9 Å². The predicted molar refractivity (Wildman–Crippen MR) is 60.6 cm³/mol. The molecule has 1 aromatic carbocycles. The van der Waals surface area contributed by atoms with Crippen LogP contribution in [0.5, 0.6) is 0 Å². The first kappa shape index (κ1) is 19.2. The van der Waals surface area contributed by atoms with Crippen LogP contribution in [0.3, 0.4) is 0 Å². The molecule has 1 aromatic rings. The van der Waals surface area contributed by atoms with E-state index in [0.29, 0.717) is 12.1 Å². The molecular formula is C11H5Cl2F9. The molecule has 0 aromatic heterocycles. The van der Waals surface area contributed by atoms with E-state index in [9.17, 15) is 39.5 Å². The maximum Gasteiger partial charge on any atom is 0.413 e. The van der Waals surface area contributed by atoms with E-state index in [0.717, 1.165) is 12.1 Å². The molecule has 0 saturated carbocycles. The molecule has 0 nitrogen and oxygen atoms in total. The zero-order chi connectivity index (χ0) is 17.6. The molecule has 0 N–H and O–H groups in total. The van der Waals surface area contributed by atoms with E-state index in [-0.39, 0.29) is 5.02 Å². The normalized spacial score (nSPS) is 15.8. The van der Waals surface area contributed by atoms with Gasteiger partial charge in [-0.25, -0.2) is 0 Å². The SMILES string of the molecule is FC(F)(F)C(C(Cl)c1cccc(Cl)c1)(C(F)(F)F)C(F)(F)F. The topological polar surface area (TPSA) is 0 Å². The molecule has 22 heavy (non-hydrogen) atoms. The number of rotatable bonds is 2. The van der Waals surface area contributed by atoms with E-state index in [1.807, 2.05) is 0 Å². The van der Waals surface area contributed by atoms with E-state index in [2.05, 4.69) is 0 Å². The summed E-state index contributed by atoms with van der Waals surface area (Å²) < 4.78 is 116. The molecule has 0 heterocycles. The maximum atomic E-state index is 12.8. The maximum absolute atomic E-state index is 12.8. The first-order valence-corrected chi connectivity index (χ1v) is 6.07. The van der Waals surface area contributed by atoms with Crippen molar-refractivity contribution in [3.05, 3.63) is 34.9 Å². The molecule has 0 spiro atoms. The van der Waals surface area contributed by atoms with E-state index >= 15 is 0 Å². The van der Waals surface area contributed by atoms with Gasteiger partial charge in [-0.2, -0.15) is 39.5 Å². The molecule has 0 aliphatic rings. The quantitative estimate of drug-likeness (QED) is 0.418. The second-order valence-corrected chi connectivity index (χ2v) is 5.09. The van der Waals surface area contributed by atoms with Crippen LogP contribution in [-0.4, -0.2) is 18.5 Å². The lowest BCUT2D eigenvalue weighted by atomic mass is 9.78. The van der Waals surface area contributed by atoms with Crippen molar-refractivity contribution in [3.8, 4) is 0 Å². The summed E-state index contributed by atoms with van der Waals surface area (Å²) >= 11 is 10.4. The summed E-state index contributed by atoms with van der Waals surface area (Å²) in [5.74, 6) is 0. The standard InChI is InChI=1S/C11H5Cl2F9/c12-6-3-1-2-5(4-6)7(13)8(9(14,15)16,10(17,18)19)11(20,21)22/h1-4,7H. The van der Waals surface area contributed by atoms with Gasteiger partial charge in [-0.15, -0.1) is 11.6 Å². The summed E-state index contributed by atoms with van der Waals surface area (Å²) in [7, 11) is 0. The summed E-state index contributed by atoms with van der Waals surface area (Å²) in [5, 5.41) is -3.85. The zero-order valence-electron chi connectivity index (χ0n) is 10.0. The van der Waals surface area contributed by atoms with Crippen LogP contribution in [0.2, 0.25) is 5.02 Å². The van der Waals surface area contributed by atoms with Gasteiger partial charge in [0.05, 0.1) is 5.38 Å². The van der Waals surface area contributed by atoms with Crippen molar-refractivity contribution in [2.75, 3.05) is 0 Å². The van der Waals surface area contributed by atoms with Crippen LogP contribution in [0.1, 0.15) is 10.9 Å². The highest BCUT2D eigenvalue weighted by molar-refractivity contribution is 6.30. The van der Waals surface area contributed by atoms with Crippen molar-refractivity contribution in [1.82, 2.24) is 0 Å². The largest absolute Gasteiger partial charge is 0.413 e. The first-order valence-electron chi connectivity index (χ1n) is 5.26. The minimum atomic E-state index is -6.72. The third-order valence-electron chi connectivity index (χ3n) is 2.86. The Kier molecular flexibility index (Phi) is 4.95. The van der Waals surface area contributed by atoms with Crippen molar-refractivity contribution < 1.29 is 39.5 Å². The molecule has 0 bridgehead atoms. The van der Waals surface area contributed by atoms with Crippen LogP contribution in [0.4, 0.5) is 39.5 Å². The predicted octanol–water partition coefficient (Wildman–Crippen LogP) is 6.29. The molecule has 11 heteroatoms. The molecule has 1 atom stereocenters. The van der Waals surface area contributed by atoms with Gasteiger partial charge >= 0.3 is 18.5 Å². The molecule has 1 unspecified atom stereocenters. The van der Waals surface area contributed by atoms with Gasteiger partial charge in [-0.05, 0) is 17.7 Å². The third kappa shape index (κ3) is 2.97. The second kappa shape index (κ2) is 5.67. The van der Waals surface area contributed by atoms with E-state index in [4.69, 9.17) is 23.2 Å². The molecule has 0 amide bonds. The summed E-state index contributed by atoms with van der Waals surface area (Å²) in [6.07, 6.45) is -20.2. The summed E-state index contributed by atoms with van der Waals surface area (Å²) in [6, 6.07) is 3.06. The zero-order valence-corrected chi connectivity index (χ0v) is 11.6.